The van der Waals surface area contributed by atoms with Crippen LogP contribution in [0.15, 0.2) is 12.2 Å². The minimum absolute atomic E-state index is 0.385. The van der Waals surface area contributed by atoms with Gasteiger partial charge in [-0.1, -0.05) is 12.2 Å². The van der Waals surface area contributed by atoms with E-state index in [9.17, 15) is 4.21 Å². The standard InChI is InChI=1S/C7H13ClO2S/c1-2-3-4-6-10-11(9)7-5-8/h2-3H,4-7H2,1H3. The minimum atomic E-state index is -1.19. The van der Waals surface area contributed by atoms with Gasteiger partial charge in [0.1, 0.15) is 0 Å². The molecule has 0 aliphatic heterocycles. The fraction of sp³-hybridized carbons (Fsp3) is 0.714. The highest BCUT2D eigenvalue weighted by atomic mass is 35.5. The molecule has 0 heterocycles. The predicted octanol–water partition coefficient (Wildman–Crippen LogP) is 1.87. The van der Waals surface area contributed by atoms with Crippen LogP contribution in [0.1, 0.15) is 13.3 Å². The van der Waals surface area contributed by atoms with Crippen molar-refractivity contribution >= 4 is 22.7 Å². The molecule has 0 N–H and O–H groups in total. The molecule has 0 aromatic heterocycles. The largest absolute Gasteiger partial charge is 0.290 e. The van der Waals surface area contributed by atoms with Gasteiger partial charge in [-0.3, -0.25) is 4.18 Å². The Kier molecular flexibility index (Phi) is 8.34. The highest BCUT2D eigenvalue weighted by molar-refractivity contribution is 7.80. The Balaban J connectivity index is 3.17. The highest BCUT2D eigenvalue weighted by Gasteiger charge is 1.96. The molecule has 2 nitrogen and oxygen atoms in total. The summed E-state index contributed by atoms with van der Waals surface area (Å²) < 4.78 is 15.7. The fourth-order valence-corrected chi connectivity index (χ4v) is 1.40. The second kappa shape index (κ2) is 8.24. The van der Waals surface area contributed by atoms with Crippen LogP contribution in [0.3, 0.4) is 0 Å². The van der Waals surface area contributed by atoms with Gasteiger partial charge in [-0.15, -0.1) is 11.6 Å². The summed E-state index contributed by atoms with van der Waals surface area (Å²) in [6.45, 7) is 2.45. The molecule has 0 aliphatic rings. The lowest BCUT2D eigenvalue weighted by atomic mass is 10.4. The lowest BCUT2D eigenvalue weighted by Gasteiger charge is -1.97. The van der Waals surface area contributed by atoms with Crippen LogP contribution in [0.2, 0.25) is 0 Å². The smallest absolute Gasteiger partial charge is 0.156 e. The molecule has 0 aromatic carbocycles. The molecule has 1 unspecified atom stereocenters. The summed E-state index contributed by atoms with van der Waals surface area (Å²) in [5.41, 5.74) is 0. The van der Waals surface area contributed by atoms with Gasteiger partial charge in [0.25, 0.3) is 0 Å². The second-order valence-electron chi connectivity index (χ2n) is 1.88. The zero-order chi connectivity index (χ0) is 8.53. The molecule has 0 aliphatic carbocycles. The van der Waals surface area contributed by atoms with Crippen LogP contribution >= 0.6 is 11.6 Å². The first-order valence-corrected chi connectivity index (χ1v) is 5.28. The molecule has 0 radical (unpaired) electrons. The highest BCUT2D eigenvalue weighted by Crippen LogP contribution is 1.91. The van der Waals surface area contributed by atoms with E-state index in [-0.39, 0.29) is 0 Å². The molecule has 66 valence electrons. The Bertz CT molecular complexity index is 136. The number of hydrogen-bond acceptors (Lipinski definition) is 2. The Hall–Kier alpha value is 0.140. The third-order valence-corrected chi connectivity index (χ3v) is 2.36. The maximum absolute atomic E-state index is 10.8. The van der Waals surface area contributed by atoms with E-state index >= 15 is 0 Å². The Morgan fingerprint density at radius 3 is 2.91 bits per heavy atom. The van der Waals surface area contributed by atoms with Gasteiger partial charge in [0.05, 0.1) is 12.4 Å². The van der Waals surface area contributed by atoms with Crippen molar-refractivity contribution in [2.75, 3.05) is 18.2 Å². The van der Waals surface area contributed by atoms with Crippen LogP contribution in [-0.2, 0) is 15.3 Å². The molecule has 0 fully saturated rings. The Labute approximate surface area is 75.2 Å². The third-order valence-electron chi connectivity index (χ3n) is 0.979. The summed E-state index contributed by atoms with van der Waals surface area (Å²) in [6, 6.07) is 0. The molecule has 11 heavy (non-hydrogen) atoms. The lowest BCUT2D eigenvalue weighted by Crippen LogP contribution is -2.03. The van der Waals surface area contributed by atoms with E-state index < -0.39 is 11.1 Å². The quantitative estimate of drug-likeness (QED) is 0.368. The lowest BCUT2D eigenvalue weighted by molar-refractivity contribution is 0.356. The van der Waals surface area contributed by atoms with E-state index in [1.807, 2.05) is 19.1 Å². The second-order valence-corrected chi connectivity index (χ2v) is 3.51. The summed E-state index contributed by atoms with van der Waals surface area (Å²) in [7, 11) is 0. The van der Waals surface area contributed by atoms with Gasteiger partial charge in [0, 0.05) is 5.88 Å². The van der Waals surface area contributed by atoms with Crippen molar-refractivity contribution in [3.8, 4) is 0 Å². The predicted molar refractivity (Wildman–Crippen MR) is 49.1 cm³/mol. The first kappa shape index (κ1) is 11.1. The fourth-order valence-electron chi connectivity index (χ4n) is 0.498. The number of halogens is 1. The van der Waals surface area contributed by atoms with E-state index in [4.69, 9.17) is 15.8 Å². The van der Waals surface area contributed by atoms with Crippen molar-refractivity contribution in [2.45, 2.75) is 13.3 Å². The van der Waals surface area contributed by atoms with Crippen LogP contribution in [-0.4, -0.2) is 22.4 Å². The van der Waals surface area contributed by atoms with Gasteiger partial charge in [-0.05, 0) is 13.3 Å². The molecular formula is C7H13ClO2S. The van der Waals surface area contributed by atoms with Crippen molar-refractivity contribution in [2.24, 2.45) is 0 Å². The first-order valence-electron chi connectivity index (χ1n) is 3.50. The van der Waals surface area contributed by atoms with Gasteiger partial charge in [-0.2, -0.15) is 0 Å². The molecule has 0 saturated heterocycles. The number of alkyl halides is 1. The zero-order valence-corrected chi connectivity index (χ0v) is 8.16. The van der Waals surface area contributed by atoms with Gasteiger partial charge in [-0.25, -0.2) is 4.21 Å². The summed E-state index contributed by atoms with van der Waals surface area (Å²) in [5.74, 6) is 0.799. The van der Waals surface area contributed by atoms with Crippen molar-refractivity contribution in [1.82, 2.24) is 0 Å². The van der Waals surface area contributed by atoms with Crippen LogP contribution in [0, 0.1) is 0 Å². The molecule has 1 atom stereocenters. The van der Waals surface area contributed by atoms with Crippen molar-refractivity contribution in [3.63, 3.8) is 0 Å². The SMILES string of the molecule is CC=CCCOS(=O)CCCl. The average molecular weight is 197 g/mol. The number of allylic oxidation sites excluding steroid dienone is 1. The molecule has 0 rings (SSSR count). The molecule has 0 spiro atoms. The van der Waals surface area contributed by atoms with Crippen molar-refractivity contribution in [3.05, 3.63) is 12.2 Å². The average Bonchev–Trinajstić information content (AvgIpc) is 1.99. The maximum Gasteiger partial charge on any atom is 0.156 e. The molecule has 4 heteroatoms. The first-order chi connectivity index (χ1) is 5.31. The van der Waals surface area contributed by atoms with Crippen LogP contribution in [0.5, 0.6) is 0 Å². The van der Waals surface area contributed by atoms with Gasteiger partial charge in [0.15, 0.2) is 11.1 Å². The van der Waals surface area contributed by atoms with E-state index in [2.05, 4.69) is 0 Å². The molecule has 0 amide bonds. The summed E-state index contributed by atoms with van der Waals surface area (Å²) in [6.07, 6.45) is 4.72. The molecule has 0 bridgehead atoms. The minimum Gasteiger partial charge on any atom is -0.290 e. The van der Waals surface area contributed by atoms with E-state index in [0.29, 0.717) is 18.2 Å². The topological polar surface area (TPSA) is 26.3 Å². The summed E-state index contributed by atoms with van der Waals surface area (Å²) in [5, 5.41) is 0. The Morgan fingerprint density at radius 1 is 1.64 bits per heavy atom. The van der Waals surface area contributed by atoms with Gasteiger partial charge >= 0.3 is 0 Å². The normalized spacial score (nSPS) is 14.0. The number of rotatable bonds is 6. The van der Waals surface area contributed by atoms with E-state index in [0.717, 1.165) is 6.42 Å². The van der Waals surface area contributed by atoms with Gasteiger partial charge < -0.3 is 0 Å². The molecule has 0 aromatic rings. The van der Waals surface area contributed by atoms with E-state index in [1.54, 1.807) is 0 Å². The number of hydrogen-bond donors (Lipinski definition) is 0. The van der Waals surface area contributed by atoms with Crippen LogP contribution in [0.4, 0.5) is 0 Å². The van der Waals surface area contributed by atoms with E-state index in [1.165, 1.54) is 0 Å². The molecular weight excluding hydrogens is 184 g/mol. The maximum atomic E-state index is 10.8. The van der Waals surface area contributed by atoms with Gasteiger partial charge in [0.2, 0.25) is 0 Å². The Morgan fingerprint density at radius 2 is 2.36 bits per heavy atom. The van der Waals surface area contributed by atoms with Crippen molar-refractivity contribution in [1.29, 1.82) is 0 Å². The summed E-state index contributed by atoms with van der Waals surface area (Å²) >= 11 is 4.16. The summed E-state index contributed by atoms with van der Waals surface area (Å²) in [4.78, 5) is 0. The van der Waals surface area contributed by atoms with Crippen LogP contribution < -0.4 is 0 Å². The molecule has 0 saturated carbocycles. The monoisotopic (exact) mass is 196 g/mol. The zero-order valence-electron chi connectivity index (χ0n) is 6.59. The third kappa shape index (κ3) is 8.04. The van der Waals surface area contributed by atoms with Crippen molar-refractivity contribution < 1.29 is 8.39 Å². The van der Waals surface area contributed by atoms with Crippen LogP contribution in [0.25, 0.3) is 0 Å².